The van der Waals surface area contributed by atoms with Gasteiger partial charge < -0.3 is 20.4 Å². The SMILES string of the molecule is CCNC(=NCC(C)CN1CCN(C)CC1)NCCc1nc(C(F)(F)F)cs1.I. The highest BCUT2D eigenvalue weighted by molar-refractivity contribution is 14.0. The quantitative estimate of drug-likeness (QED) is 0.298. The van der Waals surface area contributed by atoms with Crippen LogP contribution in [0.2, 0.25) is 0 Å². The first-order valence-corrected chi connectivity index (χ1v) is 10.6. The lowest BCUT2D eigenvalue weighted by molar-refractivity contribution is -0.140. The average Bonchev–Trinajstić information content (AvgIpc) is 3.11. The molecule has 0 amide bonds. The molecular weight excluding hydrogens is 516 g/mol. The Morgan fingerprint density at radius 1 is 1.28 bits per heavy atom. The van der Waals surface area contributed by atoms with Crippen LogP contribution in [0.5, 0.6) is 0 Å². The van der Waals surface area contributed by atoms with Crippen LogP contribution in [0.25, 0.3) is 0 Å². The lowest BCUT2D eigenvalue weighted by atomic mass is 10.1. The van der Waals surface area contributed by atoms with E-state index in [0.717, 1.165) is 56.0 Å². The second-order valence-electron chi connectivity index (χ2n) is 7.23. The highest BCUT2D eigenvalue weighted by Crippen LogP contribution is 2.29. The van der Waals surface area contributed by atoms with Crippen LogP contribution in [0.3, 0.4) is 0 Å². The summed E-state index contributed by atoms with van der Waals surface area (Å²) in [6.45, 7) is 11.5. The van der Waals surface area contributed by atoms with E-state index in [-0.39, 0.29) is 24.0 Å². The summed E-state index contributed by atoms with van der Waals surface area (Å²) in [5.41, 5.74) is -0.814. The van der Waals surface area contributed by atoms with Gasteiger partial charge in [0, 0.05) is 64.2 Å². The molecule has 6 nitrogen and oxygen atoms in total. The summed E-state index contributed by atoms with van der Waals surface area (Å²) in [5, 5.41) is 7.91. The number of guanidine groups is 1. The Labute approximate surface area is 192 Å². The molecule has 1 aliphatic rings. The van der Waals surface area contributed by atoms with E-state index in [1.54, 1.807) is 0 Å². The molecule has 1 saturated heterocycles. The Hall–Kier alpha value is -0.660. The first-order valence-electron chi connectivity index (χ1n) is 9.72. The molecule has 0 radical (unpaired) electrons. The number of aliphatic imine (C=N–C) groups is 1. The van der Waals surface area contributed by atoms with E-state index in [9.17, 15) is 13.2 Å². The number of nitrogens with zero attached hydrogens (tertiary/aromatic N) is 4. The third-order valence-corrected chi connectivity index (χ3v) is 5.45. The Bertz CT molecular complexity index is 617. The van der Waals surface area contributed by atoms with Crippen molar-refractivity contribution < 1.29 is 13.2 Å². The molecule has 0 bridgehead atoms. The van der Waals surface area contributed by atoms with Gasteiger partial charge in [0.1, 0.15) is 0 Å². The van der Waals surface area contributed by atoms with E-state index < -0.39 is 11.9 Å². The number of aromatic nitrogens is 1. The zero-order valence-corrected chi connectivity index (χ0v) is 20.4. The molecular formula is C18H32F3IN6S. The lowest BCUT2D eigenvalue weighted by Crippen LogP contribution is -2.46. The topological polar surface area (TPSA) is 55.8 Å². The molecule has 2 N–H and O–H groups in total. The zero-order valence-electron chi connectivity index (χ0n) is 17.3. The molecule has 0 spiro atoms. The standard InChI is InChI=1S/C18H31F3N6S.HI/c1-4-22-17(23-6-5-16-25-15(13-28-16)18(19,20)21)24-11-14(2)12-27-9-7-26(3)8-10-27;/h13-14H,4-12H2,1-3H3,(H2,22,23,24);1H. The Kier molecular flexibility index (Phi) is 11.7. The molecule has 2 rings (SSSR count). The molecule has 1 aliphatic heterocycles. The van der Waals surface area contributed by atoms with E-state index in [1.807, 2.05) is 6.92 Å². The summed E-state index contributed by atoms with van der Waals surface area (Å²) < 4.78 is 37.8. The van der Waals surface area contributed by atoms with Gasteiger partial charge >= 0.3 is 6.18 Å². The van der Waals surface area contributed by atoms with Crippen molar-refractivity contribution in [3.63, 3.8) is 0 Å². The number of rotatable bonds is 8. The van der Waals surface area contributed by atoms with Gasteiger partial charge in [-0.1, -0.05) is 6.92 Å². The predicted octanol–water partition coefficient (Wildman–Crippen LogP) is 2.76. The van der Waals surface area contributed by atoms with Crippen molar-refractivity contribution in [3.8, 4) is 0 Å². The van der Waals surface area contributed by atoms with Crippen molar-refractivity contribution in [3.05, 3.63) is 16.1 Å². The fraction of sp³-hybridized carbons (Fsp3) is 0.778. The van der Waals surface area contributed by atoms with E-state index in [0.29, 0.717) is 36.4 Å². The highest BCUT2D eigenvalue weighted by atomic mass is 127. The molecule has 29 heavy (non-hydrogen) atoms. The van der Waals surface area contributed by atoms with Gasteiger partial charge in [-0.3, -0.25) is 4.99 Å². The average molecular weight is 548 g/mol. The van der Waals surface area contributed by atoms with Crippen molar-refractivity contribution in [2.45, 2.75) is 26.4 Å². The number of thiazole rings is 1. The molecule has 1 aromatic rings. The molecule has 2 heterocycles. The maximum absolute atomic E-state index is 12.6. The number of likely N-dealkylation sites (N-methyl/N-ethyl adjacent to an activating group) is 1. The first kappa shape index (κ1) is 26.4. The van der Waals surface area contributed by atoms with E-state index >= 15 is 0 Å². The minimum atomic E-state index is -4.38. The molecule has 1 atom stereocenters. The maximum Gasteiger partial charge on any atom is 0.434 e. The molecule has 1 unspecified atom stereocenters. The van der Waals surface area contributed by atoms with Crippen LogP contribution in [-0.2, 0) is 12.6 Å². The van der Waals surface area contributed by atoms with Crippen molar-refractivity contribution in [2.75, 3.05) is 59.4 Å². The summed E-state index contributed by atoms with van der Waals surface area (Å²) in [4.78, 5) is 13.1. The van der Waals surface area contributed by atoms with Crippen molar-refractivity contribution in [1.82, 2.24) is 25.4 Å². The van der Waals surface area contributed by atoms with Gasteiger partial charge in [0.25, 0.3) is 0 Å². The second-order valence-corrected chi connectivity index (χ2v) is 8.17. The molecule has 0 aromatic carbocycles. The van der Waals surface area contributed by atoms with Crippen molar-refractivity contribution in [1.29, 1.82) is 0 Å². The smallest absolute Gasteiger partial charge is 0.357 e. The summed E-state index contributed by atoms with van der Waals surface area (Å²) >= 11 is 1.04. The largest absolute Gasteiger partial charge is 0.434 e. The van der Waals surface area contributed by atoms with E-state index in [2.05, 4.69) is 44.4 Å². The van der Waals surface area contributed by atoms with Gasteiger partial charge in [-0.25, -0.2) is 4.98 Å². The monoisotopic (exact) mass is 548 g/mol. The Balaban J connectivity index is 0.00000420. The molecule has 1 fully saturated rings. The molecule has 0 saturated carbocycles. The molecule has 1 aromatic heterocycles. The van der Waals surface area contributed by atoms with Crippen LogP contribution in [0.1, 0.15) is 24.5 Å². The second kappa shape index (κ2) is 12.9. The summed E-state index contributed by atoms with van der Waals surface area (Å²) in [7, 11) is 2.15. The van der Waals surface area contributed by atoms with Gasteiger partial charge in [-0.15, -0.1) is 35.3 Å². The number of alkyl halides is 3. The fourth-order valence-corrected chi connectivity index (χ4v) is 3.77. The van der Waals surface area contributed by atoms with E-state index in [1.165, 1.54) is 0 Å². The van der Waals surface area contributed by atoms with Crippen LogP contribution < -0.4 is 10.6 Å². The van der Waals surface area contributed by atoms with Gasteiger partial charge in [0.15, 0.2) is 11.7 Å². The number of hydrogen-bond donors (Lipinski definition) is 2. The van der Waals surface area contributed by atoms with Crippen LogP contribution in [0, 0.1) is 5.92 Å². The normalized spacial score (nSPS) is 17.7. The third-order valence-electron chi connectivity index (χ3n) is 4.54. The van der Waals surface area contributed by atoms with Crippen molar-refractivity contribution >= 4 is 41.3 Å². The predicted molar refractivity (Wildman–Crippen MR) is 123 cm³/mol. The maximum atomic E-state index is 12.6. The number of piperazine rings is 1. The van der Waals surface area contributed by atoms with Crippen LogP contribution in [-0.4, -0.2) is 80.1 Å². The summed E-state index contributed by atoms with van der Waals surface area (Å²) in [5.74, 6) is 1.13. The first-order chi connectivity index (χ1) is 13.3. The summed E-state index contributed by atoms with van der Waals surface area (Å²) in [6.07, 6.45) is -3.94. The minimum absolute atomic E-state index is 0. The highest BCUT2D eigenvalue weighted by Gasteiger charge is 2.33. The van der Waals surface area contributed by atoms with Gasteiger partial charge in [-0.05, 0) is 19.9 Å². The molecule has 0 aliphatic carbocycles. The van der Waals surface area contributed by atoms with Crippen LogP contribution >= 0.6 is 35.3 Å². The molecule has 11 heteroatoms. The minimum Gasteiger partial charge on any atom is -0.357 e. The fourth-order valence-electron chi connectivity index (χ4n) is 2.96. The van der Waals surface area contributed by atoms with Gasteiger partial charge in [-0.2, -0.15) is 13.2 Å². The van der Waals surface area contributed by atoms with E-state index in [4.69, 9.17) is 0 Å². The zero-order chi connectivity index (χ0) is 20.6. The number of nitrogens with one attached hydrogen (secondary N) is 2. The lowest BCUT2D eigenvalue weighted by Gasteiger charge is -2.33. The number of halogens is 4. The van der Waals surface area contributed by atoms with Gasteiger partial charge in [0.05, 0.1) is 5.01 Å². The Morgan fingerprint density at radius 3 is 2.55 bits per heavy atom. The third kappa shape index (κ3) is 9.79. The van der Waals surface area contributed by atoms with Crippen molar-refractivity contribution in [2.24, 2.45) is 10.9 Å². The van der Waals surface area contributed by atoms with Crippen LogP contribution in [0.15, 0.2) is 10.4 Å². The Morgan fingerprint density at radius 2 is 1.97 bits per heavy atom. The van der Waals surface area contributed by atoms with Gasteiger partial charge in [0.2, 0.25) is 0 Å². The summed E-state index contributed by atoms with van der Waals surface area (Å²) in [6, 6.07) is 0. The molecule has 168 valence electrons. The number of hydrogen-bond acceptors (Lipinski definition) is 5. The van der Waals surface area contributed by atoms with Crippen LogP contribution in [0.4, 0.5) is 13.2 Å².